The van der Waals surface area contributed by atoms with E-state index in [0.717, 1.165) is 42.6 Å². The standard InChI is InChI=1S/C16H20O3/c1-13-6-4-7-14(12-17)15(13)8-5-11-19-16-9-2-3-10-18-16/h4,6-7,16-17H,2-3,9-12H2,1H3. The average Bonchev–Trinajstić information content (AvgIpc) is 2.46. The highest BCUT2D eigenvalue weighted by molar-refractivity contribution is 5.46. The molecule has 0 radical (unpaired) electrons. The van der Waals surface area contributed by atoms with Crippen molar-refractivity contribution in [3.05, 3.63) is 34.9 Å². The Balaban J connectivity index is 1.92. The van der Waals surface area contributed by atoms with Gasteiger partial charge in [0.05, 0.1) is 6.61 Å². The number of hydrogen-bond donors (Lipinski definition) is 1. The molecule has 0 saturated carbocycles. The summed E-state index contributed by atoms with van der Waals surface area (Å²) in [5, 5.41) is 9.28. The normalized spacial score (nSPS) is 18.7. The maximum absolute atomic E-state index is 9.28. The van der Waals surface area contributed by atoms with Gasteiger partial charge in [0, 0.05) is 12.2 Å². The van der Waals surface area contributed by atoms with Crippen molar-refractivity contribution in [2.75, 3.05) is 13.2 Å². The van der Waals surface area contributed by atoms with Crippen molar-refractivity contribution < 1.29 is 14.6 Å². The summed E-state index contributed by atoms with van der Waals surface area (Å²) in [6.07, 6.45) is 3.13. The van der Waals surface area contributed by atoms with Gasteiger partial charge in [0.15, 0.2) is 6.29 Å². The molecule has 1 unspecified atom stereocenters. The number of aryl methyl sites for hydroxylation is 1. The van der Waals surface area contributed by atoms with Crippen LogP contribution in [0.25, 0.3) is 0 Å². The minimum Gasteiger partial charge on any atom is -0.392 e. The average molecular weight is 260 g/mol. The van der Waals surface area contributed by atoms with Crippen LogP contribution in [-0.4, -0.2) is 24.6 Å². The molecule has 1 saturated heterocycles. The van der Waals surface area contributed by atoms with Crippen LogP contribution < -0.4 is 0 Å². The molecule has 102 valence electrons. The second kappa shape index (κ2) is 7.30. The van der Waals surface area contributed by atoms with Crippen molar-refractivity contribution in [1.82, 2.24) is 0 Å². The van der Waals surface area contributed by atoms with E-state index in [1.54, 1.807) is 0 Å². The Kier molecular flexibility index (Phi) is 5.41. The Morgan fingerprint density at radius 1 is 1.42 bits per heavy atom. The molecule has 1 aliphatic heterocycles. The number of aliphatic hydroxyl groups is 1. The van der Waals surface area contributed by atoms with Gasteiger partial charge in [0.2, 0.25) is 0 Å². The van der Waals surface area contributed by atoms with Crippen LogP contribution in [0.4, 0.5) is 0 Å². The number of benzene rings is 1. The zero-order chi connectivity index (χ0) is 13.5. The van der Waals surface area contributed by atoms with Gasteiger partial charge < -0.3 is 14.6 Å². The van der Waals surface area contributed by atoms with Crippen molar-refractivity contribution in [1.29, 1.82) is 0 Å². The molecule has 3 nitrogen and oxygen atoms in total. The van der Waals surface area contributed by atoms with Gasteiger partial charge >= 0.3 is 0 Å². The molecule has 0 bridgehead atoms. The first-order chi connectivity index (χ1) is 9.31. The molecule has 0 spiro atoms. The van der Waals surface area contributed by atoms with Crippen LogP contribution >= 0.6 is 0 Å². The van der Waals surface area contributed by atoms with Gasteiger partial charge in [-0.25, -0.2) is 0 Å². The topological polar surface area (TPSA) is 38.7 Å². The highest BCUT2D eigenvalue weighted by atomic mass is 16.7. The summed E-state index contributed by atoms with van der Waals surface area (Å²) in [5.41, 5.74) is 2.84. The molecule has 0 aromatic heterocycles. The van der Waals surface area contributed by atoms with E-state index < -0.39 is 0 Å². The van der Waals surface area contributed by atoms with Gasteiger partial charge in [-0.3, -0.25) is 0 Å². The molecular weight excluding hydrogens is 240 g/mol. The predicted octanol–water partition coefficient (Wildman–Crippen LogP) is 2.38. The van der Waals surface area contributed by atoms with Crippen LogP contribution in [0, 0.1) is 18.8 Å². The Morgan fingerprint density at radius 2 is 2.32 bits per heavy atom. The summed E-state index contributed by atoms with van der Waals surface area (Å²) >= 11 is 0. The molecule has 3 heteroatoms. The molecule has 1 N–H and O–H groups in total. The lowest BCUT2D eigenvalue weighted by molar-refractivity contribution is -0.154. The lowest BCUT2D eigenvalue weighted by atomic mass is 10.0. The van der Waals surface area contributed by atoms with Crippen LogP contribution in [-0.2, 0) is 16.1 Å². The molecule has 1 fully saturated rings. The van der Waals surface area contributed by atoms with Crippen molar-refractivity contribution in [2.45, 2.75) is 39.1 Å². The van der Waals surface area contributed by atoms with Gasteiger partial charge in [-0.05, 0) is 37.3 Å². The molecular formula is C16H20O3. The van der Waals surface area contributed by atoms with Crippen molar-refractivity contribution in [3.8, 4) is 11.8 Å². The molecule has 1 aromatic carbocycles. The summed E-state index contributed by atoms with van der Waals surface area (Å²) in [6.45, 7) is 3.15. The number of aliphatic hydroxyl groups excluding tert-OH is 1. The van der Waals surface area contributed by atoms with E-state index in [9.17, 15) is 5.11 Å². The Hall–Kier alpha value is -1.34. The van der Waals surface area contributed by atoms with Gasteiger partial charge in [0.1, 0.15) is 6.61 Å². The van der Waals surface area contributed by atoms with E-state index in [1.165, 1.54) is 0 Å². The fourth-order valence-electron chi connectivity index (χ4n) is 2.14. The lowest BCUT2D eigenvalue weighted by Crippen LogP contribution is -2.22. The van der Waals surface area contributed by atoms with Crippen LogP contribution in [0.1, 0.15) is 36.0 Å². The minimum absolute atomic E-state index is 0.0122. The maximum atomic E-state index is 9.28. The molecule has 2 rings (SSSR count). The number of hydrogen-bond acceptors (Lipinski definition) is 3. The third kappa shape index (κ3) is 4.07. The Morgan fingerprint density at radius 3 is 3.05 bits per heavy atom. The highest BCUT2D eigenvalue weighted by Crippen LogP contribution is 2.14. The lowest BCUT2D eigenvalue weighted by Gasteiger charge is -2.21. The quantitative estimate of drug-likeness (QED) is 0.848. The van der Waals surface area contributed by atoms with Gasteiger partial charge in [-0.1, -0.05) is 30.0 Å². The minimum atomic E-state index is -0.0998. The predicted molar refractivity (Wildman–Crippen MR) is 73.5 cm³/mol. The first-order valence-corrected chi connectivity index (χ1v) is 6.72. The molecule has 19 heavy (non-hydrogen) atoms. The zero-order valence-corrected chi connectivity index (χ0v) is 11.3. The molecule has 1 aliphatic rings. The van der Waals surface area contributed by atoms with Crippen LogP contribution in [0.5, 0.6) is 0 Å². The first kappa shape index (κ1) is 14.1. The summed E-state index contributed by atoms with van der Waals surface area (Å²) in [4.78, 5) is 0. The van der Waals surface area contributed by atoms with Crippen LogP contribution in [0.3, 0.4) is 0 Å². The monoisotopic (exact) mass is 260 g/mol. The molecule has 1 atom stereocenters. The fraction of sp³-hybridized carbons (Fsp3) is 0.500. The van der Waals surface area contributed by atoms with Crippen molar-refractivity contribution >= 4 is 0 Å². The van der Waals surface area contributed by atoms with Gasteiger partial charge in [-0.15, -0.1) is 0 Å². The fourth-order valence-corrected chi connectivity index (χ4v) is 2.14. The van der Waals surface area contributed by atoms with E-state index in [1.807, 2.05) is 25.1 Å². The van der Waals surface area contributed by atoms with E-state index in [2.05, 4.69) is 11.8 Å². The van der Waals surface area contributed by atoms with Crippen molar-refractivity contribution in [3.63, 3.8) is 0 Å². The molecule has 0 aliphatic carbocycles. The highest BCUT2D eigenvalue weighted by Gasteiger charge is 2.12. The van der Waals surface area contributed by atoms with Crippen LogP contribution in [0.15, 0.2) is 18.2 Å². The number of ether oxygens (including phenoxy) is 2. The third-order valence-corrected chi connectivity index (χ3v) is 3.22. The summed E-state index contributed by atoms with van der Waals surface area (Å²) < 4.78 is 11.0. The zero-order valence-electron chi connectivity index (χ0n) is 11.3. The second-order valence-corrected chi connectivity index (χ2v) is 4.68. The molecule has 1 aromatic rings. The van der Waals surface area contributed by atoms with E-state index in [-0.39, 0.29) is 12.9 Å². The van der Waals surface area contributed by atoms with Crippen LogP contribution in [0.2, 0.25) is 0 Å². The smallest absolute Gasteiger partial charge is 0.158 e. The van der Waals surface area contributed by atoms with Gasteiger partial charge in [-0.2, -0.15) is 0 Å². The number of rotatable bonds is 3. The largest absolute Gasteiger partial charge is 0.392 e. The van der Waals surface area contributed by atoms with Crippen molar-refractivity contribution in [2.24, 2.45) is 0 Å². The SMILES string of the molecule is Cc1cccc(CO)c1C#CCOC1CCCCO1. The molecule has 1 heterocycles. The summed E-state index contributed by atoms with van der Waals surface area (Å²) in [6, 6.07) is 5.81. The first-order valence-electron chi connectivity index (χ1n) is 6.72. The third-order valence-electron chi connectivity index (χ3n) is 3.22. The van der Waals surface area contributed by atoms with E-state index >= 15 is 0 Å². The van der Waals surface area contributed by atoms with E-state index in [4.69, 9.17) is 9.47 Å². The summed E-state index contributed by atoms with van der Waals surface area (Å²) in [7, 11) is 0. The van der Waals surface area contributed by atoms with E-state index in [0.29, 0.717) is 6.61 Å². The Labute approximate surface area is 114 Å². The Bertz CT molecular complexity index is 465. The van der Waals surface area contributed by atoms with Gasteiger partial charge in [0.25, 0.3) is 0 Å². The maximum Gasteiger partial charge on any atom is 0.158 e. The molecule has 0 amide bonds. The summed E-state index contributed by atoms with van der Waals surface area (Å²) in [5.74, 6) is 6.08. The second-order valence-electron chi connectivity index (χ2n) is 4.68.